The molecule has 0 bridgehead atoms. The van der Waals surface area contributed by atoms with Crippen molar-refractivity contribution >= 4 is 40.9 Å². The minimum absolute atomic E-state index is 0.0146. The van der Waals surface area contributed by atoms with Crippen LogP contribution in [0.25, 0.3) is 0 Å². The molecule has 2 fully saturated rings. The van der Waals surface area contributed by atoms with Crippen molar-refractivity contribution in [3.63, 3.8) is 0 Å². The molecule has 4 rings (SSSR count). The van der Waals surface area contributed by atoms with Crippen molar-refractivity contribution in [3.8, 4) is 0 Å². The van der Waals surface area contributed by atoms with E-state index in [4.69, 9.17) is 11.6 Å². The largest absolute Gasteiger partial charge is 0.341 e. The number of carbonyl (C=O) groups is 1. The molecule has 2 aliphatic rings. The van der Waals surface area contributed by atoms with Crippen LogP contribution in [0, 0.1) is 5.82 Å². The molecule has 2 aromatic rings. The van der Waals surface area contributed by atoms with Crippen LogP contribution in [0.3, 0.4) is 0 Å². The lowest BCUT2D eigenvalue weighted by atomic mass is 10.3. The van der Waals surface area contributed by atoms with Crippen LogP contribution < -0.4 is 10.2 Å². The summed E-state index contributed by atoms with van der Waals surface area (Å²) in [5.74, 6) is 0.440. The number of thioether (sulfide) groups is 1. The predicted molar refractivity (Wildman–Crippen MR) is 101 cm³/mol. The van der Waals surface area contributed by atoms with Gasteiger partial charge in [0.25, 0.3) is 0 Å². The maximum Gasteiger partial charge on any atom is 0.234 e. The molecule has 1 N–H and O–H groups in total. The molecule has 1 amide bonds. The Balaban J connectivity index is 1.41. The first-order valence-corrected chi connectivity index (χ1v) is 10.1. The van der Waals surface area contributed by atoms with Gasteiger partial charge in [-0.05, 0) is 43.9 Å². The second-order valence-electron chi connectivity index (χ2n) is 6.54. The molecule has 1 aliphatic carbocycles. The summed E-state index contributed by atoms with van der Waals surface area (Å²) in [6.07, 6.45) is 4.63. The Morgan fingerprint density at radius 1 is 1.31 bits per heavy atom. The van der Waals surface area contributed by atoms with E-state index < -0.39 is 5.82 Å². The highest BCUT2D eigenvalue weighted by molar-refractivity contribution is 7.99. The fraction of sp³-hybridized carbons (Fsp3) is 0.471. The summed E-state index contributed by atoms with van der Waals surface area (Å²) < 4.78 is 15.4. The monoisotopic (exact) mass is 395 g/mol. The van der Waals surface area contributed by atoms with Gasteiger partial charge in [-0.15, -0.1) is 10.2 Å². The van der Waals surface area contributed by atoms with Gasteiger partial charge >= 0.3 is 0 Å². The number of aromatic nitrogens is 3. The summed E-state index contributed by atoms with van der Waals surface area (Å²) in [5, 5.41) is 12.2. The first-order valence-electron chi connectivity index (χ1n) is 8.69. The van der Waals surface area contributed by atoms with Crippen LogP contribution in [0.1, 0.15) is 31.7 Å². The van der Waals surface area contributed by atoms with Crippen molar-refractivity contribution in [3.05, 3.63) is 29.0 Å². The second kappa shape index (κ2) is 7.44. The Bertz CT molecular complexity index is 819. The van der Waals surface area contributed by atoms with Gasteiger partial charge in [-0.1, -0.05) is 23.4 Å². The number of hydrogen-bond acceptors (Lipinski definition) is 5. The van der Waals surface area contributed by atoms with Crippen molar-refractivity contribution in [1.29, 1.82) is 0 Å². The molecule has 26 heavy (non-hydrogen) atoms. The maximum atomic E-state index is 13.2. The van der Waals surface area contributed by atoms with E-state index in [1.165, 1.54) is 42.8 Å². The molecular formula is C17H19ClFN5OS. The fourth-order valence-electron chi connectivity index (χ4n) is 3.05. The summed E-state index contributed by atoms with van der Waals surface area (Å²) in [6, 6.07) is 4.57. The number of hydrogen-bond donors (Lipinski definition) is 1. The summed E-state index contributed by atoms with van der Waals surface area (Å²) in [6.45, 7) is 2.03. The molecule has 1 aromatic carbocycles. The third kappa shape index (κ3) is 3.81. The average molecular weight is 396 g/mol. The summed E-state index contributed by atoms with van der Waals surface area (Å²) in [4.78, 5) is 14.5. The normalized spacial score (nSPS) is 16.9. The van der Waals surface area contributed by atoms with E-state index in [9.17, 15) is 9.18 Å². The van der Waals surface area contributed by atoms with E-state index in [2.05, 4.69) is 25.0 Å². The number of nitrogens with zero attached hydrogens (tertiary/aromatic N) is 4. The van der Waals surface area contributed by atoms with Crippen LogP contribution in [-0.2, 0) is 4.79 Å². The highest BCUT2D eigenvalue weighted by atomic mass is 35.5. The molecule has 138 valence electrons. The van der Waals surface area contributed by atoms with Gasteiger partial charge in [0, 0.05) is 24.8 Å². The van der Waals surface area contributed by atoms with E-state index in [0.29, 0.717) is 11.7 Å². The highest BCUT2D eigenvalue weighted by Crippen LogP contribution is 2.41. The molecule has 2 heterocycles. The van der Waals surface area contributed by atoms with Gasteiger partial charge in [0.05, 0.1) is 10.8 Å². The van der Waals surface area contributed by atoms with Gasteiger partial charge in [-0.3, -0.25) is 9.36 Å². The van der Waals surface area contributed by atoms with Crippen LogP contribution in [0.15, 0.2) is 23.4 Å². The van der Waals surface area contributed by atoms with E-state index in [-0.39, 0.29) is 16.7 Å². The number of benzene rings is 1. The number of halogens is 2. The summed E-state index contributed by atoms with van der Waals surface area (Å²) in [7, 11) is 0. The standard InChI is InChI=1S/C17H19ClFN5OS/c18-13-9-11(3-6-14(13)19)20-15(25)10-26-17-22-21-16(23-7-1-2-8-23)24(17)12-4-5-12/h3,6,9,12H,1-2,4-5,7-8,10H2,(H,20,25). The zero-order valence-electron chi connectivity index (χ0n) is 14.1. The molecule has 1 aliphatic heterocycles. The number of rotatable bonds is 6. The third-order valence-corrected chi connectivity index (χ3v) is 5.72. The lowest BCUT2D eigenvalue weighted by molar-refractivity contribution is -0.113. The van der Waals surface area contributed by atoms with Gasteiger partial charge in [0.1, 0.15) is 5.82 Å². The Morgan fingerprint density at radius 2 is 2.08 bits per heavy atom. The average Bonchev–Trinajstić information content (AvgIpc) is 3.15. The number of nitrogens with one attached hydrogen (secondary N) is 1. The van der Waals surface area contributed by atoms with Crippen molar-refractivity contribution in [2.45, 2.75) is 36.9 Å². The first kappa shape index (κ1) is 17.6. The molecule has 1 saturated heterocycles. The molecule has 0 radical (unpaired) electrons. The van der Waals surface area contributed by atoms with Crippen LogP contribution in [0.5, 0.6) is 0 Å². The summed E-state index contributed by atoms with van der Waals surface area (Å²) >= 11 is 7.11. The third-order valence-electron chi connectivity index (χ3n) is 4.48. The molecule has 0 atom stereocenters. The van der Waals surface area contributed by atoms with Crippen molar-refractivity contribution in [1.82, 2.24) is 14.8 Å². The lowest BCUT2D eigenvalue weighted by Crippen LogP contribution is -2.22. The van der Waals surface area contributed by atoms with E-state index in [1.807, 2.05) is 0 Å². The Labute approximate surface area is 160 Å². The van der Waals surface area contributed by atoms with Crippen molar-refractivity contribution < 1.29 is 9.18 Å². The number of amides is 1. The minimum atomic E-state index is -0.508. The Morgan fingerprint density at radius 3 is 2.77 bits per heavy atom. The quantitative estimate of drug-likeness (QED) is 0.755. The molecular weight excluding hydrogens is 377 g/mol. The fourth-order valence-corrected chi connectivity index (χ4v) is 4.04. The van der Waals surface area contributed by atoms with E-state index in [0.717, 1.165) is 37.0 Å². The zero-order valence-corrected chi connectivity index (χ0v) is 15.7. The smallest absolute Gasteiger partial charge is 0.234 e. The van der Waals surface area contributed by atoms with Crippen molar-refractivity contribution in [2.24, 2.45) is 0 Å². The SMILES string of the molecule is O=C(CSc1nnc(N2CCCC2)n1C1CC1)Nc1ccc(F)c(Cl)c1. The van der Waals surface area contributed by atoms with Gasteiger partial charge in [0.2, 0.25) is 11.9 Å². The Kier molecular flexibility index (Phi) is 5.04. The molecule has 1 saturated carbocycles. The first-order chi connectivity index (χ1) is 12.6. The minimum Gasteiger partial charge on any atom is -0.341 e. The van der Waals surface area contributed by atoms with Crippen LogP contribution in [0.4, 0.5) is 16.0 Å². The van der Waals surface area contributed by atoms with Gasteiger partial charge in [-0.2, -0.15) is 0 Å². The number of carbonyl (C=O) groups excluding carboxylic acids is 1. The van der Waals surface area contributed by atoms with Crippen LogP contribution in [0.2, 0.25) is 5.02 Å². The van der Waals surface area contributed by atoms with Crippen LogP contribution in [-0.4, -0.2) is 39.5 Å². The molecule has 0 unspecified atom stereocenters. The number of anilines is 2. The molecule has 0 spiro atoms. The predicted octanol–water partition coefficient (Wildman–Crippen LogP) is 3.74. The molecule has 9 heteroatoms. The van der Waals surface area contributed by atoms with Gasteiger partial charge in [-0.25, -0.2) is 4.39 Å². The lowest BCUT2D eigenvalue weighted by Gasteiger charge is -2.17. The second-order valence-corrected chi connectivity index (χ2v) is 7.89. The van der Waals surface area contributed by atoms with Crippen LogP contribution >= 0.6 is 23.4 Å². The Hall–Kier alpha value is -1.80. The maximum absolute atomic E-state index is 13.2. The van der Waals surface area contributed by atoms with E-state index in [1.54, 1.807) is 0 Å². The summed E-state index contributed by atoms with van der Waals surface area (Å²) in [5.41, 5.74) is 0.475. The van der Waals surface area contributed by atoms with E-state index >= 15 is 0 Å². The molecule has 1 aromatic heterocycles. The topological polar surface area (TPSA) is 63.1 Å². The van der Waals surface area contributed by atoms with Crippen molar-refractivity contribution in [2.75, 3.05) is 29.1 Å². The van der Waals surface area contributed by atoms with Gasteiger partial charge < -0.3 is 10.2 Å². The molecule has 6 nitrogen and oxygen atoms in total. The highest BCUT2D eigenvalue weighted by Gasteiger charge is 2.32. The zero-order chi connectivity index (χ0) is 18.1. The van der Waals surface area contributed by atoms with Gasteiger partial charge in [0.15, 0.2) is 5.16 Å².